The third-order valence-electron chi connectivity index (χ3n) is 12.1. The van der Waals surface area contributed by atoms with E-state index < -0.39 is 59.4 Å². The first-order valence-corrected chi connectivity index (χ1v) is 21.0. The molecule has 2 unspecified atom stereocenters. The molecule has 1 fully saturated rings. The van der Waals surface area contributed by atoms with Crippen molar-refractivity contribution in [3.05, 3.63) is 35.1 Å². The Morgan fingerprint density at radius 1 is 0.879 bits per heavy atom. The molecule has 2 bridgehead atoms. The summed E-state index contributed by atoms with van der Waals surface area (Å²) in [5, 5.41) is 30.1. The number of likely N-dealkylation sites (N-methyl/N-ethyl adjacent to an activating group) is 1. The lowest BCUT2D eigenvalue weighted by Gasteiger charge is -2.61. The number of carboxylic acids is 1. The van der Waals surface area contributed by atoms with Crippen LogP contribution in [-0.2, 0) is 45.2 Å². The van der Waals surface area contributed by atoms with E-state index in [4.69, 9.17) is 28.8 Å². The van der Waals surface area contributed by atoms with Gasteiger partial charge in [0.2, 0.25) is 0 Å². The molecule has 1 aromatic rings. The monoisotopic (exact) mass is 825 g/mol. The van der Waals surface area contributed by atoms with E-state index in [9.17, 15) is 37.8 Å². The van der Waals surface area contributed by atoms with Crippen LogP contribution in [0.1, 0.15) is 147 Å². The highest BCUT2D eigenvalue weighted by molar-refractivity contribution is 5.83. The van der Waals surface area contributed by atoms with Crippen LogP contribution in [0.2, 0.25) is 0 Å². The van der Waals surface area contributed by atoms with Crippen LogP contribution in [0.3, 0.4) is 0 Å². The Morgan fingerprint density at radius 3 is 1.97 bits per heavy atom. The number of rotatable bonds is 21. The number of esters is 3. The lowest BCUT2D eigenvalue weighted by molar-refractivity contribution is -0.192. The summed E-state index contributed by atoms with van der Waals surface area (Å²) >= 11 is 0. The number of unbranched alkanes of at least 4 members (excludes halogenated alkanes) is 14. The van der Waals surface area contributed by atoms with Crippen LogP contribution >= 0.6 is 0 Å². The Bertz CT molecular complexity index is 1620. The van der Waals surface area contributed by atoms with Gasteiger partial charge < -0.3 is 39.2 Å². The van der Waals surface area contributed by atoms with E-state index in [0.29, 0.717) is 31.6 Å². The average molecular weight is 826 g/mol. The zero-order valence-electron chi connectivity index (χ0n) is 34.4. The first-order valence-electron chi connectivity index (χ1n) is 21.0. The fourth-order valence-electron chi connectivity index (χ4n) is 8.90. The number of nitrogens with zero attached hydrogens (tertiary/aromatic N) is 1. The smallest absolute Gasteiger partial charge is 0.490 e. The summed E-state index contributed by atoms with van der Waals surface area (Å²) in [5.74, 6) is -4.34. The number of ether oxygens (including phenoxy) is 4. The summed E-state index contributed by atoms with van der Waals surface area (Å²) in [5.41, 5.74) is -0.285. The molecule has 0 radical (unpaired) electrons. The number of carbonyl (C=O) groups is 4. The van der Waals surface area contributed by atoms with Crippen LogP contribution in [0, 0.1) is 0 Å². The molecular weight excluding hydrogens is 763 g/mol. The quantitative estimate of drug-likeness (QED) is 0.0622. The molecule has 0 amide bonds. The summed E-state index contributed by atoms with van der Waals surface area (Å²) in [6.07, 6.45) is 13.5. The minimum absolute atomic E-state index is 0.0200. The van der Waals surface area contributed by atoms with E-state index in [1.165, 1.54) is 90.9 Å². The molecule has 4 aliphatic rings. The Kier molecular flexibility index (Phi) is 16.9. The van der Waals surface area contributed by atoms with Gasteiger partial charge in [-0.05, 0) is 64.4 Å². The second-order valence-electron chi connectivity index (χ2n) is 16.2. The number of carboxylic acid groups (broad SMARTS) is 1. The van der Waals surface area contributed by atoms with E-state index in [1.807, 2.05) is 13.1 Å². The molecule has 3 N–H and O–H groups in total. The highest BCUT2D eigenvalue weighted by Crippen LogP contribution is 2.65. The van der Waals surface area contributed by atoms with Crippen LogP contribution in [0.25, 0.3) is 0 Å². The molecule has 1 saturated heterocycles. The number of alkyl halides is 3. The number of aliphatic carboxylic acids is 1. The maximum Gasteiger partial charge on any atom is 0.490 e. The van der Waals surface area contributed by atoms with Gasteiger partial charge in [-0.1, -0.05) is 103 Å². The molecule has 6 atom stereocenters. The number of hydrogen-bond donors (Lipinski definition) is 3. The zero-order chi connectivity index (χ0) is 42.7. The summed E-state index contributed by atoms with van der Waals surface area (Å²) in [7, 11) is 2.00. The van der Waals surface area contributed by atoms with Gasteiger partial charge in [-0.3, -0.25) is 4.79 Å². The van der Waals surface area contributed by atoms with E-state index >= 15 is 0 Å². The molecule has 0 aromatic heterocycles. The number of benzene rings is 1. The SMILES string of the molecule is CCCCCCCCCCCCCCCCCC(=O)OC(C)C(=O)OC(C)C(=O)OC1=CC[C@@]2(O)[C@H]3Cc4ccc(O)c5c4[C@@]2(CCN3C)[C@H]1O5.O=C(O)C(F)(F)F. The minimum Gasteiger partial charge on any atom is -0.504 e. The molecule has 2 heterocycles. The Hall–Kier alpha value is -3.85. The highest BCUT2D eigenvalue weighted by Gasteiger charge is 2.72. The predicted molar refractivity (Wildman–Crippen MR) is 207 cm³/mol. The summed E-state index contributed by atoms with van der Waals surface area (Å²) in [4.78, 5) is 49.4. The molecule has 2 aliphatic heterocycles. The van der Waals surface area contributed by atoms with Gasteiger partial charge in [0.1, 0.15) is 5.76 Å². The van der Waals surface area contributed by atoms with Crippen molar-refractivity contribution in [1.82, 2.24) is 4.90 Å². The predicted octanol–water partition coefficient (Wildman–Crippen LogP) is 7.97. The lowest BCUT2D eigenvalue weighted by Crippen LogP contribution is -2.74. The molecule has 15 heteroatoms. The van der Waals surface area contributed by atoms with Crippen molar-refractivity contribution in [2.75, 3.05) is 13.6 Å². The van der Waals surface area contributed by atoms with Crippen LogP contribution in [0.15, 0.2) is 24.0 Å². The topological polar surface area (TPSA) is 169 Å². The fourth-order valence-corrected chi connectivity index (χ4v) is 8.90. The molecule has 0 saturated carbocycles. The van der Waals surface area contributed by atoms with Crippen molar-refractivity contribution in [2.24, 2.45) is 0 Å². The summed E-state index contributed by atoms with van der Waals surface area (Å²) in [6, 6.07) is 3.32. The second-order valence-corrected chi connectivity index (χ2v) is 16.2. The third-order valence-corrected chi connectivity index (χ3v) is 12.1. The summed E-state index contributed by atoms with van der Waals surface area (Å²) in [6.45, 7) is 5.79. The van der Waals surface area contributed by atoms with Gasteiger partial charge in [-0.25, -0.2) is 14.4 Å². The molecular formula is C43H62F3NO11. The van der Waals surface area contributed by atoms with Crippen molar-refractivity contribution < 1.29 is 66.6 Å². The Morgan fingerprint density at radius 2 is 1.41 bits per heavy atom. The van der Waals surface area contributed by atoms with Gasteiger partial charge in [-0.15, -0.1) is 0 Å². The number of phenolic OH excluding ortho intramolecular Hbond substituents is 1. The molecule has 12 nitrogen and oxygen atoms in total. The Labute approximate surface area is 339 Å². The largest absolute Gasteiger partial charge is 0.504 e. The van der Waals surface area contributed by atoms with Crippen molar-refractivity contribution in [3.8, 4) is 11.5 Å². The van der Waals surface area contributed by atoms with Gasteiger partial charge in [0.25, 0.3) is 0 Å². The van der Waals surface area contributed by atoms with Crippen molar-refractivity contribution in [3.63, 3.8) is 0 Å². The number of carbonyl (C=O) groups excluding carboxylic acids is 3. The third kappa shape index (κ3) is 11.0. The average Bonchev–Trinajstić information content (AvgIpc) is 3.53. The van der Waals surface area contributed by atoms with E-state index in [2.05, 4.69) is 11.8 Å². The van der Waals surface area contributed by atoms with Crippen LogP contribution in [-0.4, -0.2) is 93.8 Å². The van der Waals surface area contributed by atoms with Gasteiger partial charge >= 0.3 is 30.1 Å². The maximum absolute atomic E-state index is 13.2. The first-order chi connectivity index (χ1) is 27.5. The number of piperidine rings is 1. The number of likely N-dealkylation sites (tertiary alicyclic amines) is 1. The first kappa shape index (κ1) is 46.8. The second kappa shape index (κ2) is 20.9. The summed E-state index contributed by atoms with van der Waals surface area (Å²) < 4.78 is 54.5. The minimum atomic E-state index is -5.08. The fraction of sp³-hybridized carbons (Fsp3) is 0.721. The van der Waals surface area contributed by atoms with E-state index in [0.717, 1.165) is 24.0 Å². The number of aromatic hydroxyl groups is 1. The molecule has 58 heavy (non-hydrogen) atoms. The van der Waals surface area contributed by atoms with Gasteiger partial charge in [0.15, 0.2) is 29.8 Å². The van der Waals surface area contributed by atoms with Gasteiger partial charge in [0, 0.05) is 24.4 Å². The normalized spacial score (nSPS) is 23.9. The standard InChI is InChI=1S/C41H61NO9.C2HF3O2/c1-5-6-7-8-9-10-11-12-13-14-15-16-17-18-19-20-34(44)48-28(2)38(45)49-29(3)39(46)50-32-23-24-41(47)33-27-30-21-22-31(43)36-35(30)40(41,37(32)51-36)25-26-42(33)4;3-2(4,5)1(6)7/h21-23,28-29,33,37,43,47H,5-20,24-27H2,1-4H3;(H,6,7)/t28?,29?,33-,37+,40+,41-;/m1./s1. The number of halogens is 3. The lowest BCUT2D eigenvalue weighted by atomic mass is 9.50. The van der Waals surface area contributed by atoms with E-state index in [1.54, 1.807) is 12.1 Å². The van der Waals surface area contributed by atoms with Crippen LogP contribution in [0.5, 0.6) is 11.5 Å². The number of aliphatic hydroxyl groups is 1. The van der Waals surface area contributed by atoms with Gasteiger partial charge in [-0.2, -0.15) is 13.2 Å². The van der Waals surface area contributed by atoms with Crippen LogP contribution in [0.4, 0.5) is 13.2 Å². The number of phenols is 1. The van der Waals surface area contributed by atoms with Crippen molar-refractivity contribution >= 4 is 23.9 Å². The zero-order valence-corrected chi connectivity index (χ0v) is 34.4. The molecule has 326 valence electrons. The molecule has 1 spiro atoms. The van der Waals surface area contributed by atoms with Crippen LogP contribution < -0.4 is 4.74 Å². The maximum atomic E-state index is 13.2. The molecule has 5 rings (SSSR count). The highest BCUT2D eigenvalue weighted by atomic mass is 19.4. The van der Waals surface area contributed by atoms with Gasteiger partial charge in [0.05, 0.1) is 11.0 Å². The van der Waals surface area contributed by atoms with Crippen molar-refractivity contribution in [1.29, 1.82) is 0 Å². The van der Waals surface area contributed by atoms with E-state index in [-0.39, 0.29) is 30.4 Å². The molecule has 1 aromatic carbocycles. The molecule has 2 aliphatic carbocycles. The Balaban J connectivity index is 0.000000973. The number of hydrogen-bond acceptors (Lipinski definition) is 11. The van der Waals surface area contributed by atoms with Crippen molar-refractivity contribution in [2.45, 2.75) is 184 Å².